The molecule has 3 aromatic rings. The molecule has 0 unspecified atom stereocenters. The topological polar surface area (TPSA) is 30.7 Å². The normalized spacial score (nSPS) is 11.2. The van der Waals surface area contributed by atoms with Crippen LogP contribution in [0.5, 0.6) is 0 Å². The predicted octanol–water partition coefficient (Wildman–Crippen LogP) is 3.19. The van der Waals surface area contributed by atoms with Crippen molar-refractivity contribution in [3.8, 4) is 11.1 Å². The van der Waals surface area contributed by atoms with Crippen molar-refractivity contribution in [2.45, 2.75) is 0 Å². The molecule has 3 rings (SSSR count). The molecular formula is C13H7F4N3. The Bertz CT molecular complexity index is 803. The van der Waals surface area contributed by atoms with Crippen molar-refractivity contribution < 1.29 is 17.6 Å². The van der Waals surface area contributed by atoms with Crippen molar-refractivity contribution in [2.75, 3.05) is 0 Å². The minimum absolute atomic E-state index is 0.284. The van der Waals surface area contributed by atoms with Crippen LogP contribution in [0.25, 0.3) is 22.2 Å². The maximum absolute atomic E-state index is 14.0. The molecule has 0 saturated heterocycles. The summed E-state index contributed by atoms with van der Waals surface area (Å²) >= 11 is 0. The number of aromatic nitrogens is 3. The predicted molar refractivity (Wildman–Crippen MR) is 63.8 cm³/mol. The van der Waals surface area contributed by atoms with Gasteiger partial charge in [-0.25, -0.2) is 22.2 Å². The molecule has 7 heteroatoms. The standard InChI is InChI=1S/C13H7F4N3/c1-20-12-5-8(15)7(4-11(12)18-19-20)13-9(16)2-6(14)3-10(13)17/h2-5H,1H3. The van der Waals surface area contributed by atoms with Crippen LogP contribution in [0, 0.1) is 23.3 Å². The molecule has 0 radical (unpaired) electrons. The van der Waals surface area contributed by atoms with E-state index in [0.717, 1.165) is 6.07 Å². The first-order valence-electron chi connectivity index (χ1n) is 5.61. The van der Waals surface area contributed by atoms with E-state index in [4.69, 9.17) is 0 Å². The highest BCUT2D eigenvalue weighted by atomic mass is 19.1. The summed E-state index contributed by atoms with van der Waals surface area (Å²) in [4.78, 5) is 0. The van der Waals surface area contributed by atoms with E-state index in [9.17, 15) is 17.6 Å². The second-order valence-corrected chi connectivity index (χ2v) is 4.28. The lowest BCUT2D eigenvalue weighted by Crippen LogP contribution is -1.96. The summed E-state index contributed by atoms with van der Waals surface area (Å²) < 4.78 is 55.6. The summed E-state index contributed by atoms with van der Waals surface area (Å²) in [5.41, 5.74) is -0.286. The fourth-order valence-electron chi connectivity index (χ4n) is 2.05. The summed E-state index contributed by atoms with van der Waals surface area (Å²) in [6, 6.07) is 3.25. The third-order valence-electron chi connectivity index (χ3n) is 2.98. The van der Waals surface area contributed by atoms with Gasteiger partial charge in [0.05, 0.1) is 11.1 Å². The third kappa shape index (κ3) is 1.82. The lowest BCUT2D eigenvalue weighted by atomic mass is 10.0. The van der Waals surface area contributed by atoms with Gasteiger partial charge in [0.2, 0.25) is 0 Å². The molecule has 0 spiro atoms. The number of hydrogen-bond donors (Lipinski definition) is 0. The van der Waals surface area contributed by atoms with Crippen LogP contribution >= 0.6 is 0 Å². The van der Waals surface area contributed by atoms with Gasteiger partial charge in [0, 0.05) is 30.8 Å². The molecule has 0 atom stereocenters. The first-order valence-corrected chi connectivity index (χ1v) is 5.61. The maximum atomic E-state index is 14.0. The molecule has 20 heavy (non-hydrogen) atoms. The molecule has 0 amide bonds. The summed E-state index contributed by atoms with van der Waals surface area (Å²) in [5.74, 6) is -4.26. The molecule has 0 aliphatic rings. The Balaban J connectivity index is 2.32. The van der Waals surface area contributed by atoms with Crippen molar-refractivity contribution >= 4 is 11.0 Å². The van der Waals surface area contributed by atoms with E-state index < -0.39 is 28.8 Å². The molecule has 0 fully saturated rings. The van der Waals surface area contributed by atoms with Gasteiger partial charge in [0.25, 0.3) is 0 Å². The number of benzene rings is 2. The van der Waals surface area contributed by atoms with Crippen LogP contribution in [0.15, 0.2) is 24.3 Å². The zero-order valence-corrected chi connectivity index (χ0v) is 10.2. The molecule has 3 nitrogen and oxygen atoms in total. The largest absolute Gasteiger partial charge is 0.248 e. The Morgan fingerprint density at radius 2 is 1.55 bits per heavy atom. The van der Waals surface area contributed by atoms with E-state index in [1.165, 1.54) is 10.7 Å². The molecule has 0 aliphatic heterocycles. The van der Waals surface area contributed by atoms with E-state index in [-0.39, 0.29) is 11.1 Å². The minimum atomic E-state index is -1.18. The number of halogens is 4. The van der Waals surface area contributed by atoms with Gasteiger partial charge in [-0.3, -0.25) is 0 Å². The lowest BCUT2D eigenvalue weighted by molar-refractivity contribution is 0.545. The molecule has 102 valence electrons. The molecule has 0 bridgehead atoms. The summed E-state index contributed by atoms with van der Waals surface area (Å²) in [5, 5.41) is 7.43. The Hall–Kier alpha value is -2.44. The van der Waals surface area contributed by atoms with Gasteiger partial charge in [-0.15, -0.1) is 5.10 Å². The van der Waals surface area contributed by atoms with E-state index in [0.29, 0.717) is 17.6 Å². The van der Waals surface area contributed by atoms with Gasteiger partial charge >= 0.3 is 0 Å². The lowest BCUT2D eigenvalue weighted by Gasteiger charge is -2.07. The minimum Gasteiger partial charge on any atom is -0.248 e. The number of nitrogens with zero attached hydrogens (tertiary/aromatic N) is 3. The molecule has 0 N–H and O–H groups in total. The van der Waals surface area contributed by atoms with Crippen LogP contribution in [-0.4, -0.2) is 15.0 Å². The Morgan fingerprint density at radius 3 is 2.20 bits per heavy atom. The Kier molecular flexibility index (Phi) is 2.70. The van der Waals surface area contributed by atoms with Gasteiger partial charge in [-0.05, 0) is 6.07 Å². The fraction of sp³-hybridized carbons (Fsp3) is 0.0769. The average molecular weight is 281 g/mol. The quantitative estimate of drug-likeness (QED) is 0.641. The SMILES string of the molecule is Cn1nnc2cc(-c3c(F)cc(F)cc3F)c(F)cc21. The van der Waals surface area contributed by atoms with Crippen molar-refractivity contribution in [1.82, 2.24) is 15.0 Å². The number of aryl methyl sites for hydroxylation is 1. The van der Waals surface area contributed by atoms with Gasteiger partial charge < -0.3 is 0 Å². The third-order valence-corrected chi connectivity index (χ3v) is 2.98. The highest BCUT2D eigenvalue weighted by molar-refractivity contribution is 5.82. The van der Waals surface area contributed by atoms with Crippen LogP contribution in [0.3, 0.4) is 0 Å². The Labute approximate surface area is 110 Å². The van der Waals surface area contributed by atoms with Crippen molar-refractivity contribution in [2.24, 2.45) is 7.05 Å². The van der Waals surface area contributed by atoms with Crippen molar-refractivity contribution in [1.29, 1.82) is 0 Å². The molecular weight excluding hydrogens is 274 g/mol. The van der Waals surface area contributed by atoms with Crippen LogP contribution < -0.4 is 0 Å². The van der Waals surface area contributed by atoms with Crippen molar-refractivity contribution in [3.63, 3.8) is 0 Å². The fourth-order valence-corrected chi connectivity index (χ4v) is 2.05. The Morgan fingerprint density at radius 1 is 0.900 bits per heavy atom. The first-order chi connectivity index (χ1) is 9.47. The summed E-state index contributed by atoms with van der Waals surface area (Å²) in [6.45, 7) is 0. The van der Waals surface area contributed by atoms with E-state index >= 15 is 0 Å². The van der Waals surface area contributed by atoms with Gasteiger partial charge in [0.1, 0.15) is 28.8 Å². The van der Waals surface area contributed by atoms with Crippen LogP contribution in [0.4, 0.5) is 17.6 Å². The highest BCUT2D eigenvalue weighted by Gasteiger charge is 2.19. The van der Waals surface area contributed by atoms with E-state index in [1.54, 1.807) is 7.05 Å². The van der Waals surface area contributed by atoms with E-state index in [1.807, 2.05) is 0 Å². The zero-order valence-electron chi connectivity index (χ0n) is 10.2. The van der Waals surface area contributed by atoms with Gasteiger partial charge in [-0.2, -0.15) is 0 Å². The highest BCUT2D eigenvalue weighted by Crippen LogP contribution is 2.31. The summed E-state index contributed by atoms with van der Waals surface area (Å²) in [7, 11) is 1.56. The monoisotopic (exact) mass is 281 g/mol. The molecule has 0 aliphatic carbocycles. The number of fused-ring (bicyclic) bond motifs is 1. The van der Waals surface area contributed by atoms with Gasteiger partial charge in [-0.1, -0.05) is 5.21 Å². The zero-order chi connectivity index (χ0) is 14.4. The van der Waals surface area contributed by atoms with Gasteiger partial charge in [0.15, 0.2) is 0 Å². The summed E-state index contributed by atoms with van der Waals surface area (Å²) in [6.07, 6.45) is 0. The van der Waals surface area contributed by atoms with Crippen LogP contribution in [0.1, 0.15) is 0 Å². The van der Waals surface area contributed by atoms with Crippen LogP contribution in [-0.2, 0) is 7.05 Å². The maximum Gasteiger partial charge on any atom is 0.136 e. The second-order valence-electron chi connectivity index (χ2n) is 4.28. The van der Waals surface area contributed by atoms with Crippen LogP contribution in [0.2, 0.25) is 0 Å². The van der Waals surface area contributed by atoms with Crippen molar-refractivity contribution in [3.05, 3.63) is 47.5 Å². The number of hydrogen-bond acceptors (Lipinski definition) is 2. The molecule has 1 heterocycles. The molecule has 2 aromatic carbocycles. The number of rotatable bonds is 1. The second kappa shape index (κ2) is 4.29. The molecule has 0 saturated carbocycles. The smallest absolute Gasteiger partial charge is 0.136 e. The average Bonchev–Trinajstić information content (AvgIpc) is 2.70. The van der Waals surface area contributed by atoms with E-state index in [2.05, 4.69) is 10.3 Å². The first kappa shape index (κ1) is 12.6. The molecule has 1 aromatic heterocycles.